The summed E-state index contributed by atoms with van der Waals surface area (Å²) in [5.74, 6) is 0.306. The number of piperidine rings is 1. The van der Waals surface area contributed by atoms with Gasteiger partial charge in [0.2, 0.25) is 10.0 Å². The number of rotatable bonds is 3. The zero-order chi connectivity index (χ0) is 37.8. The predicted octanol–water partition coefficient (Wildman–Crippen LogP) is 6.39. The van der Waals surface area contributed by atoms with Crippen molar-refractivity contribution in [1.82, 2.24) is 14.5 Å². The molecule has 2 aliphatic carbocycles. The zero-order valence-electron chi connectivity index (χ0n) is 31.9. The average molecular weight is 783 g/mol. The normalized spacial score (nSPS) is 36.4. The minimum Gasteiger partial charge on any atom is -0.490 e. The fraction of sp³-hybridized carbons (Fsp3) is 0.643. The lowest BCUT2D eigenvalue weighted by atomic mass is 9.63. The van der Waals surface area contributed by atoms with Crippen molar-refractivity contribution in [2.75, 3.05) is 64.4 Å². The molecule has 294 valence electrons. The lowest BCUT2D eigenvalue weighted by Gasteiger charge is -2.53. The second-order valence-corrected chi connectivity index (χ2v) is 19.7. The summed E-state index contributed by atoms with van der Waals surface area (Å²) >= 11 is 6.50. The smallest absolute Gasteiger partial charge is 0.264 e. The van der Waals surface area contributed by atoms with Crippen LogP contribution in [0.3, 0.4) is 0 Å². The first-order chi connectivity index (χ1) is 25.9. The Kier molecular flexibility index (Phi) is 10.6. The SMILES string of the molecule is CO[C@@]1(CN2CCN3CC[C@@H](F)C[C@@H]3C2)/C=C/C[C@H](C)[C@@H](C)S(=O)(=O)NC(=O)c2ccc3c(c2)N(C[C@@H]2CC[C@H]21)C[C@@]1(CCCc2cc(Cl)ccc21)CO3. The maximum absolute atomic E-state index is 14.6. The number of anilines is 1. The average Bonchev–Trinajstić information content (AvgIpc) is 3.28. The molecule has 0 aromatic heterocycles. The van der Waals surface area contributed by atoms with E-state index in [0.717, 1.165) is 75.5 Å². The molecule has 2 aromatic carbocycles. The quantitative estimate of drug-likeness (QED) is 0.359. The highest BCUT2D eigenvalue weighted by Crippen LogP contribution is 2.49. The molecule has 2 saturated heterocycles. The van der Waals surface area contributed by atoms with Gasteiger partial charge in [0.1, 0.15) is 17.5 Å². The minimum atomic E-state index is -3.98. The zero-order valence-corrected chi connectivity index (χ0v) is 33.5. The van der Waals surface area contributed by atoms with Crippen LogP contribution in [0, 0.1) is 17.8 Å². The van der Waals surface area contributed by atoms with Crippen LogP contribution >= 0.6 is 11.6 Å². The molecule has 8 rings (SSSR count). The first kappa shape index (κ1) is 38.2. The van der Waals surface area contributed by atoms with Crippen molar-refractivity contribution in [2.24, 2.45) is 17.8 Å². The summed E-state index contributed by atoms with van der Waals surface area (Å²) in [6, 6.07) is 11.8. The molecule has 0 radical (unpaired) electrons. The lowest BCUT2D eigenvalue weighted by Crippen LogP contribution is -2.62. The van der Waals surface area contributed by atoms with E-state index in [4.69, 9.17) is 21.1 Å². The number of methoxy groups -OCH3 is 1. The van der Waals surface area contributed by atoms with Crippen LogP contribution in [0.15, 0.2) is 48.6 Å². The van der Waals surface area contributed by atoms with E-state index in [2.05, 4.69) is 43.7 Å². The summed E-state index contributed by atoms with van der Waals surface area (Å²) in [4.78, 5) is 21.0. The Morgan fingerprint density at radius 1 is 1.07 bits per heavy atom. The molecule has 2 aromatic rings. The van der Waals surface area contributed by atoms with Gasteiger partial charge in [0, 0.05) is 75.0 Å². The van der Waals surface area contributed by atoms with E-state index >= 15 is 0 Å². The third kappa shape index (κ3) is 7.21. The van der Waals surface area contributed by atoms with Crippen molar-refractivity contribution in [3.8, 4) is 5.75 Å². The maximum atomic E-state index is 14.6. The number of hydrogen-bond acceptors (Lipinski definition) is 8. The van der Waals surface area contributed by atoms with Gasteiger partial charge in [0.25, 0.3) is 5.91 Å². The summed E-state index contributed by atoms with van der Waals surface area (Å²) in [5.41, 5.74) is 2.72. The summed E-state index contributed by atoms with van der Waals surface area (Å²) in [7, 11) is -2.16. The minimum absolute atomic E-state index is 0.203. The molecule has 54 heavy (non-hydrogen) atoms. The standard InChI is InChI=1S/C42H56ClFN4O5S/c1-28-6-4-16-42(52-3,26-46-18-19-47-17-14-34(44)22-35(47)24-46)37-11-8-32(37)23-48-25-41(15-5-7-30-20-33(43)10-12-36(30)41)27-53-39-13-9-31(21-38(39)48)40(49)45-54(50,51)29(28)2/h4,9-10,12-13,16,20-21,28-29,32,34-35,37H,5-8,11,14-15,17-19,22-27H2,1-3H3,(H,45,49)/b16-4+/t28-,29+,32-,34+,35+,37+,41-,42+/m0/s1. The number of piperazine rings is 1. The lowest BCUT2D eigenvalue weighted by molar-refractivity contribution is -0.101. The van der Waals surface area contributed by atoms with E-state index in [9.17, 15) is 17.6 Å². The molecule has 1 saturated carbocycles. The number of carbonyl (C=O) groups excluding carboxylic acids is 1. The summed E-state index contributed by atoms with van der Waals surface area (Å²) in [6.45, 7) is 9.68. The van der Waals surface area contributed by atoms with Crippen LogP contribution in [0.2, 0.25) is 5.02 Å². The van der Waals surface area contributed by atoms with E-state index in [1.54, 1.807) is 13.0 Å². The Morgan fingerprint density at radius 3 is 2.72 bits per heavy atom. The molecule has 9 nitrogen and oxygen atoms in total. The van der Waals surface area contributed by atoms with Crippen molar-refractivity contribution in [2.45, 2.75) is 93.7 Å². The highest BCUT2D eigenvalue weighted by Gasteiger charge is 2.50. The van der Waals surface area contributed by atoms with Gasteiger partial charge in [-0.3, -0.25) is 14.6 Å². The highest BCUT2D eigenvalue weighted by molar-refractivity contribution is 7.90. The number of nitrogens with one attached hydrogen (secondary N) is 1. The number of amides is 1. The molecule has 0 unspecified atom stereocenters. The molecule has 12 heteroatoms. The molecule has 3 fully saturated rings. The molecular weight excluding hydrogens is 727 g/mol. The van der Waals surface area contributed by atoms with Gasteiger partial charge in [-0.15, -0.1) is 0 Å². The number of ether oxygens (including phenoxy) is 2. The van der Waals surface area contributed by atoms with E-state index in [0.29, 0.717) is 56.2 Å². The first-order valence-electron chi connectivity index (χ1n) is 20.1. The van der Waals surface area contributed by atoms with E-state index in [1.165, 1.54) is 11.1 Å². The van der Waals surface area contributed by atoms with E-state index < -0.39 is 33.0 Å². The van der Waals surface area contributed by atoms with Gasteiger partial charge in [0.15, 0.2) is 0 Å². The van der Waals surface area contributed by atoms with Gasteiger partial charge < -0.3 is 14.4 Å². The molecule has 4 aliphatic heterocycles. The molecule has 1 amide bonds. The molecule has 1 spiro atoms. The van der Waals surface area contributed by atoms with Crippen LogP contribution in [0.5, 0.6) is 5.75 Å². The van der Waals surface area contributed by atoms with Gasteiger partial charge in [-0.05, 0) is 118 Å². The highest BCUT2D eigenvalue weighted by atomic mass is 35.5. The Labute approximate surface area is 325 Å². The van der Waals surface area contributed by atoms with Crippen LogP contribution in [0.25, 0.3) is 0 Å². The second-order valence-electron chi connectivity index (χ2n) is 17.2. The fourth-order valence-electron chi connectivity index (χ4n) is 10.5. The Hall–Kier alpha value is -2.70. The molecule has 6 aliphatic rings. The van der Waals surface area contributed by atoms with Crippen LogP contribution in [0.4, 0.5) is 10.1 Å². The van der Waals surface area contributed by atoms with Crippen LogP contribution in [-0.4, -0.2) is 107 Å². The second kappa shape index (κ2) is 15.0. The number of nitrogens with zero attached hydrogens (tertiary/aromatic N) is 3. The topological polar surface area (TPSA) is 91.4 Å². The molecule has 8 atom stereocenters. The molecular formula is C42H56ClFN4O5S. The largest absolute Gasteiger partial charge is 0.490 e. The Bertz CT molecular complexity index is 1880. The van der Waals surface area contributed by atoms with Crippen molar-refractivity contribution in [3.63, 3.8) is 0 Å². The van der Waals surface area contributed by atoms with Crippen LogP contribution < -0.4 is 14.4 Å². The molecule has 2 bridgehead atoms. The number of alkyl halides is 1. The van der Waals surface area contributed by atoms with Gasteiger partial charge in [-0.1, -0.05) is 36.7 Å². The molecule has 4 heterocycles. The molecule has 1 N–H and O–H groups in total. The first-order valence-corrected chi connectivity index (χ1v) is 22.0. The monoisotopic (exact) mass is 782 g/mol. The van der Waals surface area contributed by atoms with Gasteiger partial charge in [0.05, 0.1) is 17.5 Å². The number of carbonyl (C=O) groups is 1. The van der Waals surface area contributed by atoms with Gasteiger partial charge in [-0.25, -0.2) is 17.5 Å². The Morgan fingerprint density at radius 2 is 1.93 bits per heavy atom. The maximum Gasteiger partial charge on any atom is 0.264 e. The predicted molar refractivity (Wildman–Crippen MR) is 211 cm³/mol. The van der Waals surface area contributed by atoms with Gasteiger partial charge >= 0.3 is 0 Å². The number of benzene rings is 2. The number of allylic oxidation sites excluding steroid dienone is 1. The number of fused-ring (bicyclic) bond motifs is 5. The summed E-state index contributed by atoms with van der Waals surface area (Å²) in [6.07, 6.45) is 10.3. The van der Waals surface area contributed by atoms with Gasteiger partial charge in [-0.2, -0.15) is 0 Å². The van der Waals surface area contributed by atoms with E-state index in [1.807, 2.05) is 32.2 Å². The summed E-state index contributed by atoms with van der Waals surface area (Å²) in [5, 5.41) is -0.0699. The number of sulfonamides is 1. The van der Waals surface area contributed by atoms with Crippen molar-refractivity contribution in [1.29, 1.82) is 0 Å². The van der Waals surface area contributed by atoms with E-state index in [-0.39, 0.29) is 23.3 Å². The fourth-order valence-corrected chi connectivity index (χ4v) is 12.0. The Balaban J connectivity index is 1.18. The van der Waals surface area contributed by atoms with Crippen molar-refractivity contribution < 1.29 is 27.1 Å². The van der Waals surface area contributed by atoms with Crippen LogP contribution in [0.1, 0.15) is 80.3 Å². The third-order valence-corrected chi connectivity index (χ3v) is 16.2. The van der Waals surface area contributed by atoms with Crippen molar-refractivity contribution >= 4 is 33.2 Å². The number of aryl methyl sites for hydroxylation is 1. The van der Waals surface area contributed by atoms with Crippen molar-refractivity contribution in [3.05, 3.63) is 70.3 Å². The number of halogens is 2. The third-order valence-electron chi connectivity index (χ3n) is 14.0. The summed E-state index contributed by atoms with van der Waals surface area (Å²) < 4.78 is 57.6. The number of hydrogen-bond donors (Lipinski definition) is 1. The van der Waals surface area contributed by atoms with Crippen LogP contribution in [-0.2, 0) is 26.6 Å².